The van der Waals surface area contributed by atoms with Gasteiger partial charge in [-0.3, -0.25) is 4.79 Å². The summed E-state index contributed by atoms with van der Waals surface area (Å²) in [7, 11) is 1.41. The first-order valence-corrected chi connectivity index (χ1v) is 7.38. The quantitative estimate of drug-likeness (QED) is 0.846. The molecule has 0 radical (unpaired) electrons. The molecule has 1 aromatic carbocycles. The number of ether oxygens (including phenoxy) is 1. The van der Waals surface area contributed by atoms with Gasteiger partial charge in [0.25, 0.3) is 5.91 Å². The number of hydrogen-bond donors (Lipinski definition) is 2. The number of amides is 1. The molecule has 1 amide bonds. The maximum absolute atomic E-state index is 14.0. The lowest BCUT2D eigenvalue weighted by atomic mass is 10.1. The highest BCUT2D eigenvalue weighted by Crippen LogP contribution is 2.28. The second-order valence-electron chi connectivity index (χ2n) is 5.16. The summed E-state index contributed by atoms with van der Waals surface area (Å²) in [5.74, 6) is -1.92. The molecule has 0 fully saturated rings. The molecule has 1 unspecified atom stereocenters. The van der Waals surface area contributed by atoms with Crippen molar-refractivity contribution in [2.45, 2.75) is 26.3 Å². The summed E-state index contributed by atoms with van der Waals surface area (Å²) < 4.78 is 24.4. The predicted octanol–water partition coefficient (Wildman–Crippen LogP) is 3.18. The van der Waals surface area contributed by atoms with Gasteiger partial charge in [0, 0.05) is 12.5 Å². The van der Waals surface area contributed by atoms with E-state index in [1.807, 2.05) is 0 Å². The van der Waals surface area contributed by atoms with Crippen LogP contribution in [0.4, 0.5) is 4.39 Å². The molecule has 0 aliphatic rings. The lowest BCUT2D eigenvalue weighted by Crippen LogP contribution is -2.27. The standard InChI is InChI=1S/C17H18FNO5/c1-4-12-10(17(21)22)8-14(24-12)16(20)19-9(2)15-11(18)6-5-7-13(15)23-3/h5-9H,4H2,1-3H3,(H,19,20)(H,21,22). The Hall–Kier alpha value is -2.83. The van der Waals surface area contributed by atoms with Crippen LogP contribution in [0.5, 0.6) is 5.75 Å². The highest BCUT2D eigenvalue weighted by Gasteiger charge is 2.23. The first-order valence-electron chi connectivity index (χ1n) is 7.38. The molecule has 0 aliphatic carbocycles. The number of carboxylic acid groups (broad SMARTS) is 1. The third-order valence-electron chi connectivity index (χ3n) is 3.60. The number of halogens is 1. The SMILES string of the molecule is CCc1oc(C(=O)NC(C)c2c(F)cccc2OC)cc1C(=O)O. The van der Waals surface area contributed by atoms with Crippen LogP contribution in [0.25, 0.3) is 0 Å². The molecule has 128 valence electrons. The van der Waals surface area contributed by atoms with Crippen molar-refractivity contribution in [1.29, 1.82) is 0 Å². The fourth-order valence-corrected chi connectivity index (χ4v) is 2.44. The van der Waals surface area contributed by atoms with Gasteiger partial charge in [-0.2, -0.15) is 0 Å². The number of carbonyl (C=O) groups is 2. The van der Waals surface area contributed by atoms with E-state index in [0.717, 1.165) is 0 Å². The zero-order valence-electron chi connectivity index (χ0n) is 13.6. The van der Waals surface area contributed by atoms with Gasteiger partial charge in [0.2, 0.25) is 0 Å². The van der Waals surface area contributed by atoms with E-state index in [4.69, 9.17) is 14.3 Å². The summed E-state index contributed by atoms with van der Waals surface area (Å²) >= 11 is 0. The molecule has 2 rings (SSSR count). The molecular weight excluding hydrogens is 317 g/mol. The maximum Gasteiger partial charge on any atom is 0.339 e. The second-order valence-corrected chi connectivity index (χ2v) is 5.16. The highest BCUT2D eigenvalue weighted by atomic mass is 19.1. The van der Waals surface area contributed by atoms with Gasteiger partial charge in [0.1, 0.15) is 22.9 Å². The Labute approximate surface area is 138 Å². The topological polar surface area (TPSA) is 88.8 Å². The molecule has 0 saturated carbocycles. The number of aromatic carboxylic acids is 1. The smallest absolute Gasteiger partial charge is 0.339 e. The first-order chi connectivity index (χ1) is 11.4. The van der Waals surface area contributed by atoms with Crippen LogP contribution >= 0.6 is 0 Å². The van der Waals surface area contributed by atoms with Crippen molar-refractivity contribution >= 4 is 11.9 Å². The van der Waals surface area contributed by atoms with Crippen LogP contribution in [-0.4, -0.2) is 24.1 Å². The van der Waals surface area contributed by atoms with Crippen molar-refractivity contribution in [2.75, 3.05) is 7.11 Å². The van der Waals surface area contributed by atoms with E-state index in [1.165, 1.54) is 25.3 Å². The molecule has 2 N–H and O–H groups in total. The summed E-state index contributed by atoms with van der Waals surface area (Å²) in [4.78, 5) is 23.4. The van der Waals surface area contributed by atoms with Crippen LogP contribution in [0.15, 0.2) is 28.7 Å². The first kappa shape index (κ1) is 17.5. The average Bonchev–Trinajstić information content (AvgIpc) is 2.99. The van der Waals surface area contributed by atoms with Gasteiger partial charge in [-0.25, -0.2) is 9.18 Å². The number of benzene rings is 1. The molecule has 1 atom stereocenters. The summed E-state index contributed by atoms with van der Waals surface area (Å²) in [5.41, 5.74) is 0.146. The largest absolute Gasteiger partial charge is 0.496 e. The Balaban J connectivity index is 2.25. The third-order valence-corrected chi connectivity index (χ3v) is 3.60. The lowest BCUT2D eigenvalue weighted by molar-refractivity contribution is 0.0694. The van der Waals surface area contributed by atoms with Gasteiger partial charge in [-0.1, -0.05) is 13.0 Å². The van der Waals surface area contributed by atoms with Crippen molar-refractivity contribution < 1.29 is 28.2 Å². The molecule has 0 aliphatic heterocycles. The molecule has 2 aromatic rings. The van der Waals surface area contributed by atoms with Gasteiger partial charge < -0.3 is 19.6 Å². The Morgan fingerprint density at radius 2 is 2.12 bits per heavy atom. The Morgan fingerprint density at radius 3 is 2.67 bits per heavy atom. The van der Waals surface area contributed by atoms with Crippen LogP contribution in [0.1, 0.15) is 52.1 Å². The van der Waals surface area contributed by atoms with Gasteiger partial charge in [-0.05, 0) is 19.1 Å². The molecule has 7 heteroatoms. The average molecular weight is 335 g/mol. The number of hydrogen-bond acceptors (Lipinski definition) is 4. The van der Waals surface area contributed by atoms with Crippen LogP contribution in [0, 0.1) is 5.82 Å². The Morgan fingerprint density at radius 1 is 1.42 bits per heavy atom. The van der Waals surface area contributed by atoms with Crippen LogP contribution in [0.2, 0.25) is 0 Å². The van der Waals surface area contributed by atoms with Crippen molar-refractivity contribution in [1.82, 2.24) is 5.32 Å². The third kappa shape index (κ3) is 3.40. The molecule has 0 saturated heterocycles. The number of aryl methyl sites for hydroxylation is 1. The van der Waals surface area contributed by atoms with Gasteiger partial charge in [-0.15, -0.1) is 0 Å². The zero-order chi connectivity index (χ0) is 17.9. The van der Waals surface area contributed by atoms with Gasteiger partial charge in [0.05, 0.1) is 18.7 Å². The molecule has 6 nitrogen and oxygen atoms in total. The summed E-state index contributed by atoms with van der Waals surface area (Å²) in [5, 5.41) is 11.7. The van der Waals surface area contributed by atoms with Crippen LogP contribution < -0.4 is 10.1 Å². The minimum atomic E-state index is -1.17. The number of carboxylic acids is 1. The minimum absolute atomic E-state index is 0.0567. The van der Waals surface area contributed by atoms with E-state index in [9.17, 15) is 14.0 Å². The summed E-state index contributed by atoms with van der Waals surface area (Å²) in [6.45, 7) is 3.32. The maximum atomic E-state index is 14.0. The highest BCUT2D eigenvalue weighted by molar-refractivity contribution is 5.96. The fourth-order valence-electron chi connectivity index (χ4n) is 2.44. The summed E-state index contributed by atoms with van der Waals surface area (Å²) in [6.07, 6.45) is 0.339. The normalized spacial score (nSPS) is 11.8. The molecule has 0 bridgehead atoms. The van der Waals surface area contributed by atoms with E-state index in [2.05, 4.69) is 5.32 Å². The fraction of sp³-hybridized carbons (Fsp3) is 0.294. The predicted molar refractivity (Wildman–Crippen MR) is 83.9 cm³/mol. The van der Waals surface area contributed by atoms with Crippen LogP contribution in [-0.2, 0) is 6.42 Å². The van der Waals surface area contributed by atoms with E-state index >= 15 is 0 Å². The number of furan rings is 1. The lowest BCUT2D eigenvalue weighted by Gasteiger charge is -2.17. The van der Waals surface area contributed by atoms with Gasteiger partial charge >= 0.3 is 5.97 Å². The van der Waals surface area contributed by atoms with E-state index in [1.54, 1.807) is 19.9 Å². The molecule has 0 spiro atoms. The van der Waals surface area contributed by atoms with Crippen molar-refractivity contribution in [3.8, 4) is 5.75 Å². The van der Waals surface area contributed by atoms with Crippen molar-refractivity contribution in [3.63, 3.8) is 0 Å². The van der Waals surface area contributed by atoms with Crippen LogP contribution in [0.3, 0.4) is 0 Å². The number of rotatable bonds is 6. The molecule has 1 aromatic heterocycles. The van der Waals surface area contributed by atoms with E-state index in [-0.39, 0.29) is 22.6 Å². The van der Waals surface area contributed by atoms with Gasteiger partial charge in [0.15, 0.2) is 5.76 Å². The molecule has 1 heterocycles. The molecular formula is C17H18FNO5. The minimum Gasteiger partial charge on any atom is -0.496 e. The Bertz CT molecular complexity index is 768. The number of carbonyl (C=O) groups excluding carboxylic acids is 1. The summed E-state index contributed by atoms with van der Waals surface area (Å²) in [6, 6.07) is 4.83. The van der Waals surface area contributed by atoms with E-state index < -0.39 is 23.7 Å². The van der Waals surface area contributed by atoms with E-state index in [0.29, 0.717) is 12.2 Å². The monoisotopic (exact) mass is 335 g/mol. The molecule has 24 heavy (non-hydrogen) atoms. The zero-order valence-corrected chi connectivity index (χ0v) is 13.6. The Kier molecular flexibility index (Phi) is 5.23. The van der Waals surface area contributed by atoms with Crippen molar-refractivity contribution in [3.05, 3.63) is 52.7 Å². The number of nitrogens with one attached hydrogen (secondary N) is 1. The number of methoxy groups -OCH3 is 1. The van der Waals surface area contributed by atoms with Crippen molar-refractivity contribution in [2.24, 2.45) is 0 Å². The second kappa shape index (κ2) is 7.16.